The maximum atomic E-state index is 6.49. The van der Waals surface area contributed by atoms with Crippen molar-refractivity contribution < 1.29 is 13.9 Å². The molecule has 1 radical (unpaired) electrons. The molecule has 0 heterocycles. The van der Waals surface area contributed by atoms with Crippen LogP contribution in [-0.4, -0.2) is 27.6 Å². The Labute approximate surface area is 160 Å². The molecule has 0 fully saturated rings. The molecule has 1 aromatic rings. The Morgan fingerprint density at radius 1 is 1.00 bits per heavy atom. The van der Waals surface area contributed by atoms with E-state index in [0.29, 0.717) is 16.5 Å². The summed E-state index contributed by atoms with van der Waals surface area (Å²) < 4.78 is 18.1. The monoisotopic (exact) mass is 385 g/mol. The number of methoxy groups -OCH3 is 1. The summed E-state index contributed by atoms with van der Waals surface area (Å²) in [5.41, 5.74) is -0.148. The zero-order valence-corrected chi connectivity index (χ0v) is 19.0. The fourth-order valence-electron chi connectivity index (χ4n) is 2.30. The van der Waals surface area contributed by atoms with Crippen LogP contribution in [-0.2, 0) is 4.43 Å². The van der Waals surface area contributed by atoms with E-state index in [4.69, 9.17) is 25.5 Å². The van der Waals surface area contributed by atoms with Crippen molar-refractivity contribution in [3.05, 3.63) is 30.1 Å². The van der Waals surface area contributed by atoms with Gasteiger partial charge in [-0.2, -0.15) is 0 Å². The normalized spacial score (nSPS) is 15.6. The molecular formula is C20H34ClO3Si. The van der Waals surface area contributed by atoms with Crippen molar-refractivity contribution in [2.24, 2.45) is 5.41 Å². The molecule has 143 valence electrons. The number of benzene rings is 1. The Balaban J connectivity index is 3.09. The molecule has 0 aromatic heterocycles. The van der Waals surface area contributed by atoms with Gasteiger partial charge in [0.05, 0.1) is 13.2 Å². The Morgan fingerprint density at radius 2 is 1.52 bits per heavy atom. The molecule has 1 aromatic carbocycles. The van der Waals surface area contributed by atoms with Crippen LogP contribution in [0.4, 0.5) is 0 Å². The predicted molar refractivity (Wildman–Crippen MR) is 109 cm³/mol. The van der Waals surface area contributed by atoms with Gasteiger partial charge in [-0.1, -0.05) is 53.1 Å². The maximum absolute atomic E-state index is 6.49. The van der Waals surface area contributed by atoms with Gasteiger partial charge >= 0.3 is 0 Å². The molecule has 0 aliphatic rings. The molecule has 0 saturated carbocycles. The van der Waals surface area contributed by atoms with E-state index in [1.165, 1.54) is 0 Å². The molecule has 0 aliphatic carbocycles. The molecule has 0 saturated heterocycles. The topological polar surface area (TPSA) is 27.7 Å². The minimum absolute atomic E-state index is 0.116. The van der Waals surface area contributed by atoms with Crippen LogP contribution in [0.3, 0.4) is 0 Å². The third kappa shape index (κ3) is 6.19. The molecule has 0 aliphatic heterocycles. The van der Waals surface area contributed by atoms with Gasteiger partial charge in [-0.3, -0.25) is 0 Å². The second-order valence-electron chi connectivity index (χ2n) is 9.15. The summed E-state index contributed by atoms with van der Waals surface area (Å²) in [5.74, 6) is 1.33. The smallest absolute Gasteiger partial charge is 0.192 e. The summed E-state index contributed by atoms with van der Waals surface area (Å²) >= 11 is 6.17. The van der Waals surface area contributed by atoms with Crippen LogP contribution < -0.4 is 9.47 Å². The van der Waals surface area contributed by atoms with E-state index in [1.807, 2.05) is 6.07 Å². The highest BCUT2D eigenvalue weighted by molar-refractivity contribution is 6.74. The minimum Gasteiger partial charge on any atom is -0.497 e. The molecule has 3 nitrogen and oxygen atoms in total. The van der Waals surface area contributed by atoms with Gasteiger partial charge in [-0.15, -0.1) is 0 Å². The third-order valence-corrected chi connectivity index (χ3v) is 9.51. The Hall–Kier alpha value is -0.713. The van der Waals surface area contributed by atoms with E-state index in [0.717, 1.165) is 0 Å². The minimum atomic E-state index is -1.95. The van der Waals surface area contributed by atoms with Gasteiger partial charge < -0.3 is 13.9 Å². The molecule has 0 amide bonds. The second-order valence-corrected chi connectivity index (χ2v) is 14.3. The van der Waals surface area contributed by atoms with Crippen molar-refractivity contribution in [3.8, 4) is 11.5 Å². The highest BCUT2D eigenvalue weighted by Gasteiger charge is 2.42. The number of halogens is 1. The van der Waals surface area contributed by atoms with Gasteiger partial charge in [0.1, 0.15) is 17.6 Å². The second kappa shape index (κ2) is 7.89. The van der Waals surface area contributed by atoms with Crippen molar-refractivity contribution in [2.75, 3.05) is 7.11 Å². The van der Waals surface area contributed by atoms with Crippen LogP contribution in [0.15, 0.2) is 18.2 Å². The summed E-state index contributed by atoms with van der Waals surface area (Å²) in [4.78, 5) is 0. The van der Waals surface area contributed by atoms with Crippen LogP contribution in [0.5, 0.6) is 11.5 Å². The Kier molecular flexibility index (Phi) is 7.05. The SMILES string of the molecule is [CH2]C(O[Si](C)(C)C(C)(C)C)C(Oc1cc(Cl)cc(OC)c1)C(C)(C)C. The van der Waals surface area contributed by atoms with E-state index < -0.39 is 8.32 Å². The highest BCUT2D eigenvalue weighted by atomic mass is 35.5. The van der Waals surface area contributed by atoms with Gasteiger partial charge in [0.25, 0.3) is 0 Å². The number of hydrogen-bond donors (Lipinski definition) is 0. The van der Waals surface area contributed by atoms with Gasteiger partial charge in [-0.05, 0) is 37.2 Å². The predicted octanol–water partition coefficient (Wildman–Crippen LogP) is 6.37. The van der Waals surface area contributed by atoms with Crippen LogP contribution in [0, 0.1) is 12.3 Å². The first kappa shape index (κ1) is 22.3. The van der Waals surface area contributed by atoms with E-state index in [2.05, 4.69) is 61.6 Å². The molecular weight excluding hydrogens is 352 g/mol. The molecule has 25 heavy (non-hydrogen) atoms. The first-order valence-corrected chi connectivity index (χ1v) is 12.0. The lowest BCUT2D eigenvalue weighted by molar-refractivity contribution is 0.000850. The Morgan fingerprint density at radius 3 is 1.96 bits per heavy atom. The maximum Gasteiger partial charge on any atom is 0.192 e. The van der Waals surface area contributed by atoms with E-state index >= 15 is 0 Å². The number of ether oxygens (including phenoxy) is 2. The van der Waals surface area contributed by atoms with Crippen molar-refractivity contribution in [3.63, 3.8) is 0 Å². The summed E-state index contributed by atoms with van der Waals surface area (Å²) in [6.45, 7) is 21.8. The van der Waals surface area contributed by atoms with E-state index in [1.54, 1.807) is 19.2 Å². The fourth-order valence-corrected chi connectivity index (χ4v) is 3.75. The molecule has 0 spiro atoms. The lowest BCUT2D eigenvalue weighted by Gasteiger charge is -2.43. The summed E-state index contributed by atoms with van der Waals surface area (Å²) in [5, 5.41) is 0.693. The molecule has 1 rings (SSSR count). The fraction of sp³-hybridized carbons (Fsp3) is 0.650. The molecule has 2 unspecified atom stereocenters. The summed E-state index contributed by atoms with van der Waals surface area (Å²) in [6, 6.07) is 5.39. The highest BCUT2D eigenvalue weighted by Crippen LogP contribution is 2.39. The lowest BCUT2D eigenvalue weighted by Crippen LogP contribution is -2.50. The largest absolute Gasteiger partial charge is 0.497 e. The third-order valence-electron chi connectivity index (χ3n) is 4.79. The molecule has 0 N–H and O–H groups in total. The van der Waals surface area contributed by atoms with Gasteiger partial charge in [0.15, 0.2) is 8.32 Å². The number of hydrogen-bond acceptors (Lipinski definition) is 3. The van der Waals surface area contributed by atoms with Gasteiger partial charge in [-0.25, -0.2) is 0 Å². The van der Waals surface area contributed by atoms with Crippen molar-refractivity contribution in [2.45, 2.75) is 71.9 Å². The van der Waals surface area contributed by atoms with Crippen LogP contribution in [0.1, 0.15) is 41.5 Å². The van der Waals surface area contributed by atoms with E-state index in [-0.39, 0.29) is 22.7 Å². The van der Waals surface area contributed by atoms with E-state index in [9.17, 15) is 0 Å². The lowest BCUT2D eigenvalue weighted by atomic mass is 9.86. The Bertz CT molecular complexity index is 573. The van der Waals surface area contributed by atoms with Crippen LogP contribution in [0.25, 0.3) is 0 Å². The zero-order chi connectivity index (χ0) is 19.6. The average molecular weight is 386 g/mol. The van der Waals surface area contributed by atoms with Crippen LogP contribution >= 0.6 is 11.6 Å². The molecule has 0 bridgehead atoms. The summed E-state index contributed by atoms with van der Waals surface area (Å²) in [6.07, 6.45) is -0.504. The summed E-state index contributed by atoms with van der Waals surface area (Å²) in [7, 11) is -0.336. The number of rotatable bonds is 6. The first-order valence-electron chi connectivity index (χ1n) is 8.69. The molecule has 5 heteroatoms. The average Bonchev–Trinajstić information content (AvgIpc) is 2.41. The van der Waals surface area contributed by atoms with Gasteiger partial charge in [0, 0.05) is 16.5 Å². The zero-order valence-electron chi connectivity index (χ0n) is 17.2. The van der Waals surface area contributed by atoms with Crippen molar-refractivity contribution in [1.82, 2.24) is 0 Å². The standard InChI is InChI=1S/C20H34ClO3Si/c1-14(24-25(9,10)20(5,6)7)18(19(2,3)4)23-17-12-15(21)11-16(13-17)22-8/h11-14,18H,1H2,2-10H3. The van der Waals surface area contributed by atoms with Gasteiger partial charge in [0.2, 0.25) is 0 Å². The van der Waals surface area contributed by atoms with Crippen LogP contribution in [0.2, 0.25) is 23.2 Å². The van der Waals surface area contributed by atoms with Crippen molar-refractivity contribution >= 4 is 19.9 Å². The first-order chi connectivity index (χ1) is 11.2. The van der Waals surface area contributed by atoms with Crippen molar-refractivity contribution in [1.29, 1.82) is 0 Å². The molecule has 2 atom stereocenters. The quantitative estimate of drug-likeness (QED) is 0.532.